The smallest absolute Gasteiger partial charge is 0.276 e. The molecule has 1 aromatic carbocycles. The Kier molecular flexibility index (Phi) is 4.58. The monoisotopic (exact) mass is 422 g/mol. The Hall–Kier alpha value is -3.13. The summed E-state index contributed by atoms with van der Waals surface area (Å²) in [5.41, 5.74) is 3.44. The number of imidazole rings is 1. The first-order valence-corrected chi connectivity index (χ1v) is 10.8. The Balaban J connectivity index is 1.35. The van der Waals surface area contributed by atoms with Gasteiger partial charge in [-0.15, -0.1) is 11.3 Å². The van der Waals surface area contributed by atoms with Crippen molar-refractivity contribution >= 4 is 22.1 Å². The van der Waals surface area contributed by atoms with Gasteiger partial charge in [0.15, 0.2) is 11.5 Å². The predicted molar refractivity (Wildman–Crippen MR) is 114 cm³/mol. The van der Waals surface area contributed by atoms with E-state index in [0.717, 1.165) is 29.3 Å². The number of ether oxygens (including phenoxy) is 1. The Morgan fingerprint density at radius 2 is 2.17 bits per heavy atom. The van der Waals surface area contributed by atoms with Crippen molar-refractivity contribution in [2.75, 3.05) is 20.2 Å². The van der Waals surface area contributed by atoms with Crippen LogP contribution in [0.25, 0.3) is 16.2 Å². The summed E-state index contributed by atoms with van der Waals surface area (Å²) in [6.45, 7) is 5.46. The van der Waals surface area contributed by atoms with Crippen LogP contribution in [-0.2, 0) is 0 Å². The number of benzene rings is 1. The Labute approximate surface area is 177 Å². The minimum Gasteiger partial charge on any atom is -0.497 e. The minimum absolute atomic E-state index is 0.107. The summed E-state index contributed by atoms with van der Waals surface area (Å²) >= 11 is 1.72. The third kappa shape index (κ3) is 3.08. The molecule has 1 amide bonds. The van der Waals surface area contributed by atoms with Crippen LogP contribution >= 0.6 is 11.3 Å². The fraction of sp³-hybridized carbons (Fsp3) is 0.318. The standard InChI is InChI=1S/C22H22N4O3S/c1-13-12-30-22-20(23-14(2)26(13)22)16-7-8-25(11-16)21(27)18-10-19(29-24-18)15-5-4-6-17(9-15)28-3/h4-6,9-10,12,16H,7-8,11H2,1-3H3/t16-/m0/s1. The maximum absolute atomic E-state index is 13.0. The molecular formula is C22H22N4O3S. The predicted octanol–water partition coefficient (Wildman–Crippen LogP) is 4.31. The highest BCUT2D eigenvalue weighted by atomic mass is 32.1. The Morgan fingerprint density at radius 1 is 1.30 bits per heavy atom. The number of likely N-dealkylation sites (tertiary alicyclic amines) is 1. The van der Waals surface area contributed by atoms with E-state index in [1.54, 1.807) is 24.5 Å². The van der Waals surface area contributed by atoms with Gasteiger partial charge in [-0.05, 0) is 32.4 Å². The summed E-state index contributed by atoms with van der Waals surface area (Å²) in [6, 6.07) is 9.20. The fourth-order valence-electron chi connectivity index (χ4n) is 4.14. The van der Waals surface area contributed by atoms with Crippen LogP contribution in [0.4, 0.5) is 0 Å². The van der Waals surface area contributed by atoms with E-state index in [0.29, 0.717) is 24.5 Å². The van der Waals surface area contributed by atoms with E-state index in [1.807, 2.05) is 36.1 Å². The summed E-state index contributed by atoms with van der Waals surface area (Å²) in [5.74, 6) is 2.41. The van der Waals surface area contributed by atoms with Gasteiger partial charge in [0.2, 0.25) is 0 Å². The van der Waals surface area contributed by atoms with Gasteiger partial charge < -0.3 is 14.2 Å². The minimum atomic E-state index is -0.107. The highest BCUT2D eigenvalue weighted by molar-refractivity contribution is 7.15. The maximum Gasteiger partial charge on any atom is 0.276 e. The van der Waals surface area contributed by atoms with E-state index >= 15 is 0 Å². The van der Waals surface area contributed by atoms with Gasteiger partial charge in [-0.2, -0.15) is 0 Å². The second-order valence-corrected chi connectivity index (χ2v) is 8.47. The Morgan fingerprint density at radius 3 is 3.00 bits per heavy atom. The fourth-order valence-corrected chi connectivity index (χ4v) is 5.24. The van der Waals surface area contributed by atoms with Crippen LogP contribution in [0.2, 0.25) is 0 Å². The van der Waals surface area contributed by atoms with Crippen LogP contribution in [-0.4, -0.2) is 45.5 Å². The zero-order valence-electron chi connectivity index (χ0n) is 17.1. The van der Waals surface area contributed by atoms with Gasteiger partial charge in [0, 0.05) is 41.7 Å². The number of carbonyl (C=O) groups excluding carboxylic acids is 1. The molecule has 5 rings (SSSR count). The first kappa shape index (κ1) is 18.9. The molecule has 0 bridgehead atoms. The molecule has 3 aromatic heterocycles. The van der Waals surface area contributed by atoms with E-state index < -0.39 is 0 Å². The summed E-state index contributed by atoms with van der Waals surface area (Å²) in [4.78, 5) is 20.9. The molecule has 0 spiro atoms. The number of hydrogen-bond donors (Lipinski definition) is 0. The molecule has 0 saturated carbocycles. The van der Waals surface area contributed by atoms with Gasteiger partial charge in [-0.3, -0.25) is 9.20 Å². The molecule has 1 atom stereocenters. The third-order valence-electron chi connectivity index (χ3n) is 5.67. The number of methoxy groups -OCH3 is 1. The highest BCUT2D eigenvalue weighted by Crippen LogP contribution is 2.34. The summed E-state index contributed by atoms with van der Waals surface area (Å²) in [6.07, 6.45) is 0.898. The zero-order chi connectivity index (χ0) is 20.8. The van der Waals surface area contributed by atoms with Crippen LogP contribution in [0.5, 0.6) is 5.75 Å². The molecule has 1 aliphatic rings. The lowest BCUT2D eigenvalue weighted by Gasteiger charge is -2.14. The van der Waals surface area contributed by atoms with Crippen molar-refractivity contribution in [1.29, 1.82) is 0 Å². The number of aryl methyl sites for hydroxylation is 2. The quantitative estimate of drug-likeness (QED) is 0.490. The lowest BCUT2D eigenvalue weighted by atomic mass is 10.1. The van der Waals surface area contributed by atoms with Crippen LogP contribution < -0.4 is 4.74 Å². The molecule has 154 valence electrons. The lowest BCUT2D eigenvalue weighted by Crippen LogP contribution is -2.28. The number of carbonyl (C=O) groups is 1. The van der Waals surface area contributed by atoms with Crippen molar-refractivity contribution in [3.8, 4) is 17.1 Å². The largest absolute Gasteiger partial charge is 0.497 e. The van der Waals surface area contributed by atoms with Crippen LogP contribution in [0.3, 0.4) is 0 Å². The first-order valence-electron chi connectivity index (χ1n) is 9.88. The van der Waals surface area contributed by atoms with E-state index in [4.69, 9.17) is 14.2 Å². The van der Waals surface area contributed by atoms with Crippen molar-refractivity contribution in [3.05, 3.63) is 58.6 Å². The SMILES string of the molecule is COc1cccc(-c2cc(C(=O)N3CC[C@H](c4nc(C)n5c(C)csc45)C3)no2)c1. The molecule has 0 aliphatic carbocycles. The molecule has 0 N–H and O–H groups in total. The van der Waals surface area contributed by atoms with Crippen molar-refractivity contribution in [1.82, 2.24) is 19.4 Å². The lowest BCUT2D eigenvalue weighted by molar-refractivity contribution is 0.0780. The summed E-state index contributed by atoms with van der Waals surface area (Å²) in [7, 11) is 1.62. The number of aromatic nitrogens is 3. The second kappa shape index (κ2) is 7.28. The summed E-state index contributed by atoms with van der Waals surface area (Å²) in [5, 5.41) is 6.18. The van der Waals surface area contributed by atoms with Crippen LogP contribution in [0.1, 0.15) is 40.0 Å². The van der Waals surface area contributed by atoms with Crippen molar-refractivity contribution in [2.24, 2.45) is 0 Å². The van der Waals surface area contributed by atoms with Gasteiger partial charge in [0.25, 0.3) is 5.91 Å². The molecule has 1 fully saturated rings. The molecular weight excluding hydrogens is 400 g/mol. The Bertz CT molecular complexity index is 1240. The van der Waals surface area contributed by atoms with Gasteiger partial charge >= 0.3 is 0 Å². The van der Waals surface area contributed by atoms with Crippen LogP contribution in [0.15, 0.2) is 40.2 Å². The number of fused-ring (bicyclic) bond motifs is 1. The van der Waals surface area contributed by atoms with Crippen molar-refractivity contribution in [3.63, 3.8) is 0 Å². The van der Waals surface area contributed by atoms with Gasteiger partial charge in [-0.1, -0.05) is 17.3 Å². The molecule has 4 aromatic rings. The van der Waals surface area contributed by atoms with Gasteiger partial charge in [0.05, 0.1) is 12.8 Å². The molecule has 0 unspecified atom stereocenters. The maximum atomic E-state index is 13.0. The van der Waals surface area contributed by atoms with E-state index in [9.17, 15) is 4.79 Å². The first-order chi connectivity index (χ1) is 14.5. The number of rotatable bonds is 4. The van der Waals surface area contributed by atoms with E-state index in [1.165, 1.54) is 10.5 Å². The zero-order valence-corrected chi connectivity index (χ0v) is 17.9. The average molecular weight is 423 g/mol. The molecule has 30 heavy (non-hydrogen) atoms. The molecule has 1 saturated heterocycles. The number of thiazole rings is 1. The third-order valence-corrected chi connectivity index (χ3v) is 6.74. The van der Waals surface area contributed by atoms with Crippen molar-refractivity contribution in [2.45, 2.75) is 26.2 Å². The average Bonchev–Trinajstić information content (AvgIpc) is 3.54. The number of hydrogen-bond acceptors (Lipinski definition) is 6. The molecule has 4 heterocycles. The van der Waals surface area contributed by atoms with Crippen molar-refractivity contribution < 1.29 is 14.1 Å². The topological polar surface area (TPSA) is 72.9 Å². The van der Waals surface area contributed by atoms with Crippen LogP contribution in [0, 0.1) is 13.8 Å². The molecule has 8 heteroatoms. The molecule has 7 nitrogen and oxygen atoms in total. The van der Waals surface area contributed by atoms with E-state index in [-0.39, 0.29) is 11.8 Å². The summed E-state index contributed by atoms with van der Waals surface area (Å²) < 4.78 is 12.9. The highest BCUT2D eigenvalue weighted by Gasteiger charge is 2.32. The molecule has 1 aliphatic heterocycles. The van der Waals surface area contributed by atoms with Gasteiger partial charge in [-0.25, -0.2) is 4.98 Å². The normalized spacial score (nSPS) is 16.5. The van der Waals surface area contributed by atoms with Gasteiger partial charge in [0.1, 0.15) is 16.4 Å². The molecule has 0 radical (unpaired) electrons. The second-order valence-electron chi connectivity index (χ2n) is 7.61. The number of nitrogens with zero attached hydrogens (tertiary/aromatic N) is 4. The number of amides is 1. The van der Waals surface area contributed by atoms with E-state index in [2.05, 4.69) is 21.9 Å².